The number of halogens is 2. The second-order valence-corrected chi connectivity index (χ2v) is 6.52. The maximum atomic E-state index is 11.5. The summed E-state index contributed by atoms with van der Waals surface area (Å²) in [6.45, 7) is 2.66. The molecular formula is C16H26BrIN4O2. The fourth-order valence-corrected chi connectivity index (χ4v) is 3.17. The van der Waals surface area contributed by atoms with E-state index < -0.39 is 0 Å². The van der Waals surface area contributed by atoms with E-state index in [1.807, 2.05) is 19.2 Å². The van der Waals surface area contributed by atoms with E-state index in [9.17, 15) is 4.79 Å². The summed E-state index contributed by atoms with van der Waals surface area (Å²) in [5.74, 6) is 2.48. The van der Waals surface area contributed by atoms with Gasteiger partial charge >= 0.3 is 0 Å². The highest BCUT2D eigenvalue weighted by molar-refractivity contribution is 14.0. The average molecular weight is 513 g/mol. The lowest BCUT2D eigenvalue weighted by atomic mass is 9.93. The zero-order chi connectivity index (χ0) is 16.7. The van der Waals surface area contributed by atoms with Crippen molar-refractivity contribution in [1.82, 2.24) is 15.5 Å². The monoisotopic (exact) mass is 512 g/mol. The van der Waals surface area contributed by atoms with Gasteiger partial charge in [-0.25, -0.2) is 0 Å². The molecule has 2 rings (SSSR count). The molecule has 1 aliphatic rings. The molecule has 0 aromatic carbocycles. The van der Waals surface area contributed by atoms with Crippen LogP contribution in [-0.2, 0) is 11.2 Å². The minimum atomic E-state index is 0. The number of furan rings is 1. The fraction of sp³-hybridized carbons (Fsp3) is 0.625. The predicted octanol–water partition coefficient (Wildman–Crippen LogP) is 2.63. The predicted molar refractivity (Wildman–Crippen MR) is 110 cm³/mol. The van der Waals surface area contributed by atoms with Gasteiger partial charge in [-0.05, 0) is 46.8 Å². The van der Waals surface area contributed by atoms with Crippen molar-refractivity contribution in [3.63, 3.8) is 0 Å². The molecule has 0 spiro atoms. The van der Waals surface area contributed by atoms with E-state index in [0.717, 1.165) is 55.3 Å². The Balaban J connectivity index is 0.00000288. The molecule has 0 unspecified atom stereocenters. The molecular weight excluding hydrogens is 487 g/mol. The zero-order valence-electron chi connectivity index (χ0n) is 14.2. The maximum Gasteiger partial charge on any atom is 0.220 e. The Morgan fingerprint density at radius 3 is 2.67 bits per heavy atom. The number of rotatable bonds is 5. The van der Waals surface area contributed by atoms with E-state index in [1.54, 1.807) is 7.05 Å². The quantitative estimate of drug-likeness (QED) is 0.361. The summed E-state index contributed by atoms with van der Waals surface area (Å²) in [7, 11) is 3.50. The summed E-state index contributed by atoms with van der Waals surface area (Å²) in [4.78, 5) is 18.1. The van der Waals surface area contributed by atoms with Gasteiger partial charge in [0.1, 0.15) is 5.76 Å². The third-order valence-electron chi connectivity index (χ3n) is 4.16. The molecule has 1 aromatic heterocycles. The van der Waals surface area contributed by atoms with Gasteiger partial charge in [0, 0.05) is 46.6 Å². The summed E-state index contributed by atoms with van der Waals surface area (Å²) in [5.41, 5.74) is 0. The molecule has 0 atom stereocenters. The maximum absolute atomic E-state index is 11.5. The average Bonchev–Trinajstić information content (AvgIpc) is 2.98. The Hall–Kier alpha value is -0.770. The number of hydrogen-bond donors (Lipinski definition) is 2. The first-order valence-corrected chi connectivity index (χ1v) is 8.82. The Labute approximate surface area is 169 Å². The van der Waals surface area contributed by atoms with Gasteiger partial charge in [0.05, 0.1) is 0 Å². The Bertz CT molecular complexity index is 542. The highest BCUT2D eigenvalue weighted by atomic mass is 127. The Kier molecular flexibility index (Phi) is 9.72. The second-order valence-electron chi connectivity index (χ2n) is 5.74. The lowest BCUT2D eigenvalue weighted by Gasteiger charge is -2.34. The number of likely N-dealkylation sites (tertiary alicyclic amines) is 1. The van der Waals surface area contributed by atoms with Gasteiger partial charge in [-0.3, -0.25) is 9.79 Å². The van der Waals surface area contributed by atoms with Crippen molar-refractivity contribution in [1.29, 1.82) is 0 Å². The number of hydrogen-bond acceptors (Lipinski definition) is 3. The van der Waals surface area contributed by atoms with Gasteiger partial charge in [0.25, 0.3) is 0 Å². The largest absolute Gasteiger partial charge is 0.454 e. The van der Waals surface area contributed by atoms with Gasteiger partial charge in [-0.15, -0.1) is 24.0 Å². The number of nitrogens with zero attached hydrogens (tertiary/aromatic N) is 2. The lowest BCUT2D eigenvalue weighted by Crippen LogP contribution is -2.46. The van der Waals surface area contributed by atoms with Gasteiger partial charge in [-0.1, -0.05) is 0 Å². The minimum Gasteiger partial charge on any atom is -0.454 e. The van der Waals surface area contributed by atoms with E-state index in [2.05, 4.69) is 36.5 Å². The molecule has 136 valence electrons. The molecule has 1 fully saturated rings. The number of amides is 1. The molecule has 24 heavy (non-hydrogen) atoms. The summed E-state index contributed by atoms with van der Waals surface area (Å²) in [5, 5.41) is 6.09. The molecule has 0 saturated carbocycles. The highest BCUT2D eigenvalue weighted by Gasteiger charge is 2.22. The molecule has 0 aliphatic carbocycles. The van der Waals surface area contributed by atoms with Gasteiger partial charge in [0.2, 0.25) is 5.91 Å². The van der Waals surface area contributed by atoms with E-state index in [-0.39, 0.29) is 29.9 Å². The number of nitrogens with one attached hydrogen (secondary N) is 2. The first-order chi connectivity index (χ1) is 11.1. The van der Waals surface area contributed by atoms with Crippen molar-refractivity contribution in [2.75, 3.05) is 33.7 Å². The smallest absolute Gasteiger partial charge is 0.220 e. The summed E-state index contributed by atoms with van der Waals surface area (Å²) >= 11 is 3.31. The molecule has 6 nitrogen and oxygen atoms in total. The van der Waals surface area contributed by atoms with Crippen molar-refractivity contribution >= 4 is 51.8 Å². The third kappa shape index (κ3) is 6.62. The number of piperidine rings is 1. The number of carbonyl (C=O) groups is 1. The summed E-state index contributed by atoms with van der Waals surface area (Å²) < 4.78 is 6.25. The van der Waals surface area contributed by atoms with Crippen LogP contribution in [0, 0.1) is 5.92 Å². The van der Waals surface area contributed by atoms with Crippen molar-refractivity contribution in [3.05, 3.63) is 22.6 Å². The van der Waals surface area contributed by atoms with Crippen molar-refractivity contribution < 1.29 is 9.21 Å². The minimum absolute atomic E-state index is 0. The Morgan fingerprint density at radius 1 is 1.42 bits per heavy atom. The van der Waals surface area contributed by atoms with E-state index in [1.165, 1.54) is 0 Å². The SMILES string of the molecule is CN=C(NCCc1ccc(Br)o1)N1CCC(CC(=O)NC)CC1.I. The number of carbonyl (C=O) groups excluding carboxylic acids is 1. The summed E-state index contributed by atoms with van der Waals surface area (Å²) in [6, 6.07) is 3.88. The molecule has 2 heterocycles. The van der Waals surface area contributed by atoms with E-state index in [0.29, 0.717) is 12.3 Å². The molecule has 2 N–H and O–H groups in total. The van der Waals surface area contributed by atoms with Gasteiger partial charge < -0.3 is 20.0 Å². The lowest BCUT2D eigenvalue weighted by molar-refractivity contribution is -0.121. The van der Waals surface area contributed by atoms with Crippen molar-refractivity contribution in [2.45, 2.75) is 25.7 Å². The molecule has 1 amide bonds. The van der Waals surface area contributed by atoms with Crippen LogP contribution in [0.1, 0.15) is 25.0 Å². The molecule has 0 bridgehead atoms. The molecule has 1 aliphatic heterocycles. The van der Waals surface area contributed by atoms with Crippen LogP contribution in [0.2, 0.25) is 0 Å². The van der Waals surface area contributed by atoms with Crippen LogP contribution < -0.4 is 10.6 Å². The highest BCUT2D eigenvalue weighted by Crippen LogP contribution is 2.20. The van der Waals surface area contributed by atoms with Crippen molar-refractivity contribution in [3.8, 4) is 0 Å². The standard InChI is InChI=1S/C16H25BrN4O2.HI/c1-18-15(22)11-12-6-9-21(10-7-12)16(19-2)20-8-5-13-3-4-14(17)23-13;/h3-4,12H,5-11H2,1-2H3,(H,18,22)(H,19,20);1H. The first kappa shape index (κ1) is 21.3. The van der Waals surface area contributed by atoms with Crippen molar-refractivity contribution in [2.24, 2.45) is 10.9 Å². The Morgan fingerprint density at radius 2 is 2.12 bits per heavy atom. The van der Waals surface area contributed by atoms with Crippen LogP contribution in [0.3, 0.4) is 0 Å². The van der Waals surface area contributed by atoms with Crippen LogP contribution in [0.5, 0.6) is 0 Å². The van der Waals surface area contributed by atoms with Crippen LogP contribution in [0.25, 0.3) is 0 Å². The number of aliphatic imine (C=N–C) groups is 1. The van der Waals surface area contributed by atoms with Crippen LogP contribution in [0.4, 0.5) is 0 Å². The fourth-order valence-electron chi connectivity index (χ4n) is 2.83. The molecule has 8 heteroatoms. The topological polar surface area (TPSA) is 69.9 Å². The second kappa shape index (κ2) is 11.0. The molecule has 1 saturated heterocycles. The number of guanidine groups is 1. The van der Waals surface area contributed by atoms with Crippen LogP contribution in [0.15, 0.2) is 26.2 Å². The van der Waals surface area contributed by atoms with E-state index >= 15 is 0 Å². The van der Waals surface area contributed by atoms with Crippen LogP contribution in [-0.4, -0.2) is 50.5 Å². The van der Waals surface area contributed by atoms with E-state index in [4.69, 9.17) is 4.42 Å². The van der Waals surface area contributed by atoms with Gasteiger partial charge in [-0.2, -0.15) is 0 Å². The summed E-state index contributed by atoms with van der Waals surface area (Å²) in [6.07, 6.45) is 3.50. The molecule has 0 radical (unpaired) electrons. The molecule has 1 aromatic rings. The first-order valence-electron chi connectivity index (χ1n) is 8.02. The normalized spacial score (nSPS) is 15.8. The zero-order valence-corrected chi connectivity index (χ0v) is 18.1. The third-order valence-corrected chi connectivity index (χ3v) is 4.59. The van der Waals surface area contributed by atoms with Gasteiger partial charge in [0.15, 0.2) is 10.6 Å². The van der Waals surface area contributed by atoms with Crippen LogP contribution >= 0.6 is 39.9 Å².